The minimum absolute atomic E-state index is 0.368. The molecule has 0 radical (unpaired) electrons. The topological polar surface area (TPSA) is 58.2 Å². The van der Waals surface area contributed by atoms with Gasteiger partial charge in [-0.25, -0.2) is 8.42 Å². The molecule has 1 fully saturated rings. The minimum Gasteiger partial charge on any atom is -0.381 e. The van der Waals surface area contributed by atoms with Crippen LogP contribution in [0.5, 0.6) is 0 Å². The van der Waals surface area contributed by atoms with Gasteiger partial charge in [-0.05, 0) is 44.9 Å². The lowest BCUT2D eigenvalue weighted by Crippen LogP contribution is -2.35. The van der Waals surface area contributed by atoms with E-state index in [-0.39, 0.29) is 0 Å². The van der Waals surface area contributed by atoms with Gasteiger partial charge in [0.1, 0.15) is 0 Å². The van der Waals surface area contributed by atoms with Crippen LogP contribution in [0.25, 0.3) is 0 Å². The molecule has 0 aromatic heterocycles. The second-order valence-electron chi connectivity index (χ2n) is 5.25. The second-order valence-corrected chi connectivity index (χ2v) is 7.23. The summed E-state index contributed by atoms with van der Waals surface area (Å²) < 4.78 is 23.5. The molecular weight excluding hydrogens is 260 g/mol. The monoisotopic (exact) mass is 282 g/mol. The molecule has 0 atom stereocenters. The molecule has 0 aliphatic heterocycles. The first kappa shape index (κ1) is 14.3. The number of hydrogen-bond acceptors (Lipinski definition) is 4. The van der Waals surface area contributed by atoms with E-state index < -0.39 is 9.84 Å². The SMILES string of the molecule is CNC1CCC(Nc2ccccc2S(C)(=O)=O)CC1. The van der Waals surface area contributed by atoms with Crippen molar-refractivity contribution in [3.05, 3.63) is 24.3 Å². The number of anilines is 1. The van der Waals surface area contributed by atoms with E-state index >= 15 is 0 Å². The van der Waals surface area contributed by atoms with Crippen LogP contribution in [-0.4, -0.2) is 33.8 Å². The first-order valence-electron chi connectivity index (χ1n) is 6.73. The summed E-state index contributed by atoms with van der Waals surface area (Å²) in [5.74, 6) is 0. The van der Waals surface area contributed by atoms with Gasteiger partial charge in [0.25, 0.3) is 0 Å². The van der Waals surface area contributed by atoms with Crippen LogP contribution in [0.3, 0.4) is 0 Å². The zero-order valence-electron chi connectivity index (χ0n) is 11.5. The van der Waals surface area contributed by atoms with Crippen LogP contribution in [0.2, 0.25) is 0 Å². The molecular formula is C14H22N2O2S. The number of hydrogen-bond donors (Lipinski definition) is 2. The lowest BCUT2D eigenvalue weighted by atomic mass is 9.91. The summed E-state index contributed by atoms with van der Waals surface area (Å²) in [4.78, 5) is 0.394. The smallest absolute Gasteiger partial charge is 0.177 e. The Morgan fingerprint density at radius 2 is 1.63 bits per heavy atom. The number of para-hydroxylation sites is 1. The van der Waals surface area contributed by atoms with E-state index in [1.165, 1.54) is 6.26 Å². The summed E-state index contributed by atoms with van der Waals surface area (Å²) in [5, 5.41) is 6.69. The van der Waals surface area contributed by atoms with E-state index in [9.17, 15) is 8.42 Å². The van der Waals surface area contributed by atoms with Gasteiger partial charge < -0.3 is 10.6 Å². The van der Waals surface area contributed by atoms with E-state index in [1.807, 2.05) is 19.2 Å². The van der Waals surface area contributed by atoms with Crippen LogP contribution in [-0.2, 0) is 9.84 Å². The molecule has 2 rings (SSSR count). The summed E-state index contributed by atoms with van der Waals surface area (Å²) in [7, 11) is -1.18. The van der Waals surface area contributed by atoms with Gasteiger partial charge in [0.05, 0.1) is 10.6 Å². The maximum Gasteiger partial charge on any atom is 0.177 e. The summed E-state index contributed by atoms with van der Waals surface area (Å²) in [6.07, 6.45) is 5.67. The molecule has 1 aromatic rings. The van der Waals surface area contributed by atoms with Crippen molar-refractivity contribution in [1.29, 1.82) is 0 Å². The third-order valence-electron chi connectivity index (χ3n) is 3.78. The molecule has 0 amide bonds. The van der Waals surface area contributed by atoms with Gasteiger partial charge in [0, 0.05) is 18.3 Å². The number of nitrogens with one attached hydrogen (secondary N) is 2. The molecule has 1 aliphatic carbocycles. The Bertz CT molecular complexity index is 520. The fourth-order valence-corrected chi connectivity index (χ4v) is 3.51. The van der Waals surface area contributed by atoms with E-state index in [4.69, 9.17) is 0 Å². The van der Waals surface area contributed by atoms with Crippen molar-refractivity contribution in [2.45, 2.75) is 42.7 Å². The Labute approximate surface area is 115 Å². The molecule has 0 unspecified atom stereocenters. The van der Waals surface area contributed by atoms with Crippen molar-refractivity contribution in [3.63, 3.8) is 0 Å². The van der Waals surface area contributed by atoms with Crippen molar-refractivity contribution in [2.75, 3.05) is 18.6 Å². The van der Waals surface area contributed by atoms with Crippen LogP contribution in [0.15, 0.2) is 29.2 Å². The minimum atomic E-state index is -3.17. The van der Waals surface area contributed by atoms with Crippen molar-refractivity contribution >= 4 is 15.5 Å². The van der Waals surface area contributed by atoms with Crippen LogP contribution in [0.4, 0.5) is 5.69 Å². The Morgan fingerprint density at radius 3 is 2.21 bits per heavy atom. The Hall–Kier alpha value is -1.07. The van der Waals surface area contributed by atoms with Crippen molar-refractivity contribution in [2.24, 2.45) is 0 Å². The first-order chi connectivity index (χ1) is 9.00. The fourth-order valence-electron chi connectivity index (χ4n) is 2.66. The number of benzene rings is 1. The summed E-state index contributed by atoms with van der Waals surface area (Å²) >= 11 is 0. The first-order valence-corrected chi connectivity index (χ1v) is 8.62. The van der Waals surface area contributed by atoms with Crippen LogP contribution >= 0.6 is 0 Å². The summed E-state index contributed by atoms with van der Waals surface area (Å²) in [5.41, 5.74) is 0.734. The van der Waals surface area contributed by atoms with Crippen molar-refractivity contribution in [1.82, 2.24) is 5.32 Å². The highest BCUT2D eigenvalue weighted by Crippen LogP contribution is 2.26. The van der Waals surface area contributed by atoms with Crippen LogP contribution in [0.1, 0.15) is 25.7 Å². The number of rotatable bonds is 4. The lowest BCUT2D eigenvalue weighted by molar-refractivity contribution is 0.371. The molecule has 5 heteroatoms. The van der Waals surface area contributed by atoms with Gasteiger partial charge in [0.2, 0.25) is 0 Å². The van der Waals surface area contributed by atoms with Gasteiger partial charge in [-0.15, -0.1) is 0 Å². The molecule has 0 bridgehead atoms. The highest BCUT2D eigenvalue weighted by atomic mass is 32.2. The average Bonchev–Trinajstić information content (AvgIpc) is 2.39. The van der Waals surface area contributed by atoms with Crippen molar-refractivity contribution in [3.8, 4) is 0 Å². The molecule has 0 heterocycles. The molecule has 19 heavy (non-hydrogen) atoms. The quantitative estimate of drug-likeness (QED) is 0.887. The molecule has 1 aromatic carbocycles. The highest BCUT2D eigenvalue weighted by molar-refractivity contribution is 7.90. The molecule has 106 valence electrons. The summed E-state index contributed by atoms with van der Waals surface area (Å²) in [6.45, 7) is 0. The predicted molar refractivity (Wildman–Crippen MR) is 78.3 cm³/mol. The third kappa shape index (κ3) is 3.70. The van der Waals surface area contributed by atoms with Gasteiger partial charge >= 0.3 is 0 Å². The van der Waals surface area contributed by atoms with Gasteiger partial charge in [-0.2, -0.15) is 0 Å². The van der Waals surface area contributed by atoms with Crippen LogP contribution < -0.4 is 10.6 Å². The normalized spacial score (nSPS) is 24.1. The predicted octanol–water partition coefficient (Wildman–Crippen LogP) is 2.03. The lowest BCUT2D eigenvalue weighted by Gasteiger charge is -2.30. The standard InChI is InChI=1S/C14H22N2O2S/c1-15-11-7-9-12(10-8-11)16-13-5-3-4-6-14(13)19(2,17)18/h3-6,11-12,15-16H,7-10H2,1-2H3. The van der Waals surface area contributed by atoms with E-state index in [1.54, 1.807) is 12.1 Å². The Morgan fingerprint density at radius 1 is 1.05 bits per heavy atom. The molecule has 2 N–H and O–H groups in total. The average molecular weight is 282 g/mol. The summed E-state index contributed by atoms with van der Waals surface area (Å²) in [6, 6.07) is 8.11. The molecule has 0 spiro atoms. The largest absolute Gasteiger partial charge is 0.381 e. The molecule has 0 saturated heterocycles. The van der Waals surface area contributed by atoms with E-state index in [0.29, 0.717) is 17.0 Å². The zero-order chi connectivity index (χ0) is 13.9. The van der Waals surface area contributed by atoms with E-state index in [2.05, 4.69) is 10.6 Å². The van der Waals surface area contributed by atoms with Gasteiger partial charge in [0.15, 0.2) is 9.84 Å². The number of sulfone groups is 1. The Balaban J connectivity index is 2.08. The second kappa shape index (κ2) is 5.92. The Kier molecular flexibility index (Phi) is 4.47. The fraction of sp³-hybridized carbons (Fsp3) is 0.571. The third-order valence-corrected chi connectivity index (χ3v) is 4.94. The van der Waals surface area contributed by atoms with Crippen molar-refractivity contribution < 1.29 is 8.42 Å². The van der Waals surface area contributed by atoms with Gasteiger partial charge in [-0.3, -0.25) is 0 Å². The maximum absolute atomic E-state index is 11.7. The zero-order valence-corrected chi connectivity index (χ0v) is 12.3. The van der Waals surface area contributed by atoms with Crippen LogP contribution in [0, 0.1) is 0 Å². The molecule has 1 aliphatic rings. The van der Waals surface area contributed by atoms with Gasteiger partial charge in [-0.1, -0.05) is 12.1 Å². The highest BCUT2D eigenvalue weighted by Gasteiger charge is 2.21. The van der Waals surface area contributed by atoms with E-state index in [0.717, 1.165) is 31.4 Å². The molecule has 4 nitrogen and oxygen atoms in total. The maximum atomic E-state index is 11.7. The molecule has 1 saturated carbocycles.